The van der Waals surface area contributed by atoms with Crippen LogP contribution in [0, 0.1) is 0 Å². The lowest BCUT2D eigenvalue weighted by Gasteiger charge is -1.96. The molecular weight excluding hydrogens is 133 g/mol. The third-order valence-corrected chi connectivity index (χ3v) is 1.22. The zero-order chi connectivity index (χ0) is 7.40. The molecule has 0 bridgehead atoms. The molecule has 0 spiro atoms. The van der Waals surface area contributed by atoms with E-state index in [0.29, 0.717) is 6.54 Å². The maximum absolute atomic E-state index is 11.5. The smallest absolute Gasteiger partial charge is 0.172 e. The summed E-state index contributed by atoms with van der Waals surface area (Å²) < 4.78 is 11.5. The summed E-state index contributed by atoms with van der Waals surface area (Å²) in [7, 11) is 0. The van der Waals surface area contributed by atoms with Gasteiger partial charge in [-0.3, -0.25) is 4.94 Å². The summed E-state index contributed by atoms with van der Waals surface area (Å²) in [5.41, 5.74) is 6.15. The maximum atomic E-state index is 11.5. The molecule has 0 aliphatic rings. The maximum Gasteiger partial charge on any atom is 0.172 e. The molecule has 2 nitrogen and oxygen atoms in total. The molecule has 0 amide bonds. The van der Waals surface area contributed by atoms with Gasteiger partial charge in [0.05, 0.1) is 0 Å². The molecule has 0 atom stereocenters. The lowest BCUT2D eigenvalue weighted by atomic mass is 10.2. The Kier molecular flexibility index (Phi) is 2.23. The molecule has 54 valence electrons. The van der Waals surface area contributed by atoms with Crippen molar-refractivity contribution in [2.24, 2.45) is 5.73 Å². The molecule has 0 fully saturated rings. The fraction of sp³-hybridized carbons (Fsp3) is 0.143. The van der Waals surface area contributed by atoms with Gasteiger partial charge in [-0.1, -0.05) is 12.1 Å². The second kappa shape index (κ2) is 3.17. The van der Waals surface area contributed by atoms with Gasteiger partial charge in [0.1, 0.15) is 0 Å². The van der Waals surface area contributed by atoms with E-state index in [1.54, 1.807) is 12.1 Å². The van der Waals surface area contributed by atoms with Crippen molar-refractivity contribution in [2.45, 2.75) is 6.54 Å². The van der Waals surface area contributed by atoms with Crippen LogP contribution in [-0.4, -0.2) is 0 Å². The van der Waals surface area contributed by atoms with Crippen LogP contribution in [0.5, 0.6) is 5.75 Å². The average molecular weight is 141 g/mol. The lowest BCUT2D eigenvalue weighted by Crippen LogP contribution is -1.95. The molecule has 2 N–H and O–H groups in total. The van der Waals surface area contributed by atoms with Crippen molar-refractivity contribution in [2.75, 3.05) is 0 Å². The number of benzene rings is 1. The van der Waals surface area contributed by atoms with Gasteiger partial charge in [0, 0.05) is 11.1 Å². The molecule has 0 radical (unpaired) electrons. The number of hydrogen-bond acceptors (Lipinski definition) is 2. The van der Waals surface area contributed by atoms with E-state index >= 15 is 0 Å². The lowest BCUT2D eigenvalue weighted by molar-refractivity contribution is -0.00628. The first-order valence-electron chi connectivity index (χ1n) is 2.94. The highest BCUT2D eigenvalue weighted by atomic mass is 19.3. The standard InChI is InChI=1S/C7H8FNO/c8-10-7-3-1-2-6(4-7)5-9/h1-4H,5,9H2. The van der Waals surface area contributed by atoms with Crippen LogP contribution in [0.2, 0.25) is 0 Å². The van der Waals surface area contributed by atoms with Gasteiger partial charge in [-0.25, -0.2) is 0 Å². The highest BCUT2D eigenvalue weighted by Gasteiger charge is 1.93. The van der Waals surface area contributed by atoms with Crippen molar-refractivity contribution in [1.82, 2.24) is 0 Å². The van der Waals surface area contributed by atoms with Gasteiger partial charge in [-0.2, -0.15) is 0 Å². The van der Waals surface area contributed by atoms with E-state index in [2.05, 4.69) is 4.94 Å². The van der Waals surface area contributed by atoms with E-state index in [0.717, 1.165) is 5.56 Å². The Morgan fingerprint density at radius 2 is 2.30 bits per heavy atom. The SMILES string of the molecule is NCc1cccc(OF)c1. The normalized spacial score (nSPS) is 9.40. The summed E-state index contributed by atoms with van der Waals surface area (Å²) in [5.74, 6) is 0.197. The van der Waals surface area contributed by atoms with Crippen LogP contribution in [0.3, 0.4) is 0 Å². The zero-order valence-corrected chi connectivity index (χ0v) is 5.38. The fourth-order valence-electron chi connectivity index (χ4n) is 0.720. The van der Waals surface area contributed by atoms with Crippen molar-refractivity contribution in [3.05, 3.63) is 29.8 Å². The van der Waals surface area contributed by atoms with Crippen LogP contribution in [0.1, 0.15) is 5.56 Å². The molecule has 3 heteroatoms. The summed E-state index contributed by atoms with van der Waals surface area (Å²) in [4.78, 5) is 3.50. The van der Waals surface area contributed by atoms with Crippen molar-refractivity contribution in [1.29, 1.82) is 0 Å². The molecule has 10 heavy (non-hydrogen) atoms. The Bertz CT molecular complexity index is 195. The third-order valence-electron chi connectivity index (χ3n) is 1.22. The average Bonchev–Trinajstić information content (AvgIpc) is 2.05. The number of hydrogen-bond donors (Lipinski definition) is 1. The van der Waals surface area contributed by atoms with Crippen molar-refractivity contribution in [3.63, 3.8) is 0 Å². The van der Waals surface area contributed by atoms with Crippen LogP contribution in [-0.2, 0) is 6.54 Å². The third kappa shape index (κ3) is 1.45. The zero-order valence-electron chi connectivity index (χ0n) is 5.38. The largest absolute Gasteiger partial charge is 0.326 e. The first kappa shape index (κ1) is 7.02. The molecular formula is C7H8FNO. The molecule has 0 heterocycles. The molecule has 1 aromatic carbocycles. The Morgan fingerprint density at radius 1 is 1.50 bits per heavy atom. The number of rotatable bonds is 2. The second-order valence-electron chi connectivity index (χ2n) is 1.93. The molecule has 0 saturated heterocycles. The minimum Gasteiger partial charge on any atom is -0.326 e. The van der Waals surface area contributed by atoms with Crippen LogP contribution in [0.25, 0.3) is 0 Å². The van der Waals surface area contributed by atoms with Gasteiger partial charge in [-0.05, 0) is 17.7 Å². The Hall–Kier alpha value is -1.09. The van der Waals surface area contributed by atoms with Crippen LogP contribution < -0.4 is 10.7 Å². The van der Waals surface area contributed by atoms with Crippen LogP contribution in [0.4, 0.5) is 4.53 Å². The van der Waals surface area contributed by atoms with Crippen molar-refractivity contribution in [3.8, 4) is 5.75 Å². The molecule has 0 aliphatic carbocycles. The fourth-order valence-corrected chi connectivity index (χ4v) is 0.720. The molecule has 0 saturated carbocycles. The Morgan fingerprint density at radius 3 is 2.90 bits per heavy atom. The molecule has 0 unspecified atom stereocenters. The summed E-state index contributed by atoms with van der Waals surface area (Å²) in [6, 6.07) is 6.58. The molecule has 0 aromatic heterocycles. The van der Waals surface area contributed by atoms with E-state index in [1.807, 2.05) is 6.07 Å². The number of nitrogens with two attached hydrogens (primary N) is 1. The first-order valence-corrected chi connectivity index (χ1v) is 2.94. The minimum absolute atomic E-state index is 0.197. The summed E-state index contributed by atoms with van der Waals surface area (Å²) in [6.07, 6.45) is 0. The highest BCUT2D eigenvalue weighted by molar-refractivity contribution is 5.27. The van der Waals surface area contributed by atoms with Crippen LogP contribution >= 0.6 is 0 Å². The Labute approximate surface area is 58.3 Å². The van der Waals surface area contributed by atoms with E-state index in [-0.39, 0.29) is 5.75 Å². The minimum atomic E-state index is 0.197. The predicted molar refractivity (Wildman–Crippen MR) is 36.1 cm³/mol. The van der Waals surface area contributed by atoms with E-state index < -0.39 is 0 Å². The first-order chi connectivity index (χ1) is 4.86. The Balaban J connectivity index is 2.87. The van der Waals surface area contributed by atoms with Crippen molar-refractivity contribution < 1.29 is 9.47 Å². The molecule has 1 aromatic rings. The van der Waals surface area contributed by atoms with Gasteiger partial charge in [0.25, 0.3) is 0 Å². The number of halogens is 1. The topological polar surface area (TPSA) is 35.2 Å². The van der Waals surface area contributed by atoms with Crippen molar-refractivity contribution >= 4 is 0 Å². The summed E-state index contributed by atoms with van der Waals surface area (Å²) in [6.45, 7) is 0.400. The van der Waals surface area contributed by atoms with Gasteiger partial charge in [-0.15, -0.1) is 0 Å². The van der Waals surface area contributed by atoms with Gasteiger partial charge in [0.2, 0.25) is 0 Å². The van der Waals surface area contributed by atoms with Gasteiger partial charge >= 0.3 is 0 Å². The molecule has 0 aliphatic heterocycles. The summed E-state index contributed by atoms with van der Waals surface area (Å²) in [5, 5.41) is 0. The van der Waals surface area contributed by atoms with E-state index in [9.17, 15) is 4.53 Å². The monoisotopic (exact) mass is 141 g/mol. The van der Waals surface area contributed by atoms with E-state index in [4.69, 9.17) is 5.73 Å². The van der Waals surface area contributed by atoms with Crippen LogP contribution in [0.15, 0.2) is 24.3 Å². The second-order valence-corrected chi connectivity index (χ2v) is 1.93. The molecule has 1 rings (SSSR count). The predicted octanol–water partition coefficient (Wildman–Crippen LogP) is 1.41. The quantitative estimate of drug-likeness (QED) is 0.675. The highest BCUT2D eigenvalue weighted by Crippen LogP contribution is 2.12. The summed E-state index contributed by atoms with van der Waals surface area (Å²) >= 11 is 0. The van der Waals surface area contributed by atoms with Gasteiger partial charge in [0.15, 0.2) is 5.75 Å². The van der Waals surface area contributed by atoms with Gasteiger partial charge < -0.3 is 5.73 Å². The van der Waals surface area contributed by atoms with E-state index in [1.165, 1.54) is 6.07 Å².